The largest absolute Gasteiger partial charge is 0.368 e. The maximum absolute atomic E-state index is 13.2. The first kappa shape index (κ1) is 27.7. The van der Waals surface area contributed by atoms with Crippen molar-refractivity contribution >= 4 is 29.2 Å². The Balaban J connectivity index is 1.34. The van der Waals surface area contributed by atoms with Gasteiger partial charge in [0, 0.05) is 55.2 Å². The van der Waals surface area contributed by atoms with E-state index in [1.165, 1.54) is 0 Å². The Hall–Kier alpha value is -4.33. The fraction of sp³-hybridized carbons (Fsp3) is 0.323. The summed E-state index contributed by atoms with van der Waals surface area (Å²) in [7, 11) is 0. The van der Waals surface area contributed by atoms with Crippen LogP contribution in [0.1, 0.15) is 36.7 Å². The highest BCUT2D eigenvalue weighted by Crippen LogP contribution is 2.20. The highest BCUT2D eigenvalue weighted by atomic mass is 16.2. The molecule has 39 heavy (non-hydrogen) atoms. The Morgan fingerprint density at radius 2 is 1.38 bits per heavy atom. The zero-order chi connectivity index (χ0) is 27.8. The molecule has 0 unspecified atom stereocenters. The van der Waals surface area contributed by atoms with Gasteiger partial charge >= 0.3 is 6.03 Å². The van der Waals surface area contributed by atoms with Gasteiger partial charge in [0.15, 0.2) is 0 Å². The van der Waals surface area contributed by atoms with E-state index >= 15 is 0 Å². The third-order valence-corrected chi connectivity index (χ3v) is 6.42. The lowest BCUT2D eigenvalue weighted by Crippen LogP contribution is -2.55. The van der Waals surface area contributed by atoms with Gasteiger partial charge in [-0.05, 0) is 62.7 Å². The molecule has 0 saturated carbocycles. The second-order valence-corrected chi connectivity index (χ2v) is 10.8. The van der Waals surface area contributed by atoms with Gasteiger partial charge in [-0.1, -0.05) is 48.5 Å². The van der Waals surface area contributed by atoms with Gasteiger partial charge in [-0.3, -0.25) is 9.59 Å². The van der Waals surface area contributed by atoms with Crippen molar-refractivity contribution in [3.8, 4) is 0 Å². The first-order valence-electron chi connectivity index (χ1n) is 13.3. The molecule has 4 amide bonds. The van der Waals surface area contributed by atoms with Crippen molar-refractivity contribution in [3.05, 3.63) is 96.1 Å². The smallest absolute Gasteiger partial charge is 0.317 e. The standard InChI is InChI=1S/C31H37N5O3/c1-31(2,3)33-30(39)35-20-18-34(19-21-35)27-16-14-26(15-17-27)32-28(37)23-36(22-24-10-6-4-7-11-24)29(38)25-12-8-5-9-13-25/h4-17H,18-23H2,1-3H3,(H,32,37)(H,33,39). The first-order chi connectivity index (χ1) is 18.7. The third-order valence-electron chi connectivity index (χ3n) is 6.42. The predicted octanol–water partition coefficient (Wildman–Crippen LogP) is 4.60. The summed E-state index contributed by atoms with van der Waals surface area (Å²) in [4.78, 5) is 44.2. The van der Waals surface area contributed by atoms with E-state index in [1.54, 1.807) is 17.0 Å². The molecule has 2 N–H and O–H groups in total. The molecule has 1 aliphatic rings. The van der Waals surface area contributed by atoms with Crippen LogP contribution in [0.2, 0.25) is 0 Å². The minimum atomic E-state index is -0.263. The van der Waals surface area contributed by atoms with E-state index in [-0.39, 0.29) is 29.9 Å². The predicted molar refractivity (Wildman–Crippen MR) is 155 cm³/mol. The van der Waals surface area contributed by atoms with E-state index in [0.717, 1.165) is 24.3 Å². The molecular formula is C31H37N5O3. The van der Waals surface area contributed by atoms with Crippen molar-refractivity contribution < 1.29 is 14.4 Å². The average molecular weight is 528 g/mol. The first-order valence-corrected chi connectivity index (χ1v) is 13.3. The van der Waals surface area contributed by atoms with Crippen LogP contribution in [0.3, 0.4) is 0 Å². The number of hydrogen-bond acceptors (Lipinski definition) is 4. The van der Waals surface area contributed by atoms with Gasteiger partial charge in [0.05, 0.1) is 0 Å². The van der Waals surface area contributed by atoms with Gasteiger partial charge in [-0.15, -0.1) is 0 Å². The van der Waals surface area contributed by atoms with E-state index in [4.69, 9.17) is 0 Å². The molecule has 1 fully saturated rings. The number of nitrogens with one attached hydrogen (secondary N) is 2. The van der Waals surface area contributed by atoms with Crippen LogP contribution in [0.5, 0.6) is 0 Å². The zero-order valence-corrected chi connectivity index (χ0v) is 22.9. The molecule has 4 rings (SSSR count). The Kier molecular flexibility index (Phi) is 8.86. The summed E-state index contributed by atoms with van der Waals surface area (Å²) in [6.45, 7) is 8.96. The van der Waals surface area contributed by atoms with Crippen molar-refractivity contribution in [2.45, 2.75) is 32.9 Å². The molecule has 3 aromatic carbocycles. The molecule has 8 nitrogen and oxygen atoms in total. The van der Waals surface area contributed by atoms with Gasteiger partial charge < -0.3 is 25.3 Å². The average Bonchev–Trinajstić information content (AvgIpc) is 2.93. The number of amides is 4. The Morgan fingerprint density at radius 3 is 1.97 bits per heavy atom. The van der Waals surface area contributed by atoms with Gasteiger partial charge in [0.25, 0.3) is 5.91 Å². The Labute approximate surface area is 230 Å². The molecule has 3 aromatic rings. The molecule has 204 valence electrons. The van der Waals surface area contributed by atoms with E-state index in [1.807, 2.05) is 98.5 Å². The summed E-state index contributed by atoms with van der Waals surface area (Å²) in [6, 6.07) is 26.3. The van der Waals surface area contributed by atoms with E-state index < -0.39 is 0 Å². The van der Waals surface area contributed by atoms with Gasteiger partial charge in [0.1, 0.15) is 6.54 Å². The quantitative estimate of drug-likeness (QED) is 0.471. The number of piperazine rings is 1. The number of hydrogen-bond donors (Lipinski definition) is 2. The van der Waals surface area contributed by atoms with Crippen molar-refractivity contribution in [1.29, 1.82) is 0 Å². The van der Waals surface area contributed by atoms with Crippen molar-refractivity contribution in [1.82, 2.24) is 15.1 Å². The molecule has 1 saturated heterocycles. The molecule has 0 spiro atoms. The van der Waals surface area contributed by atoms with Crippen LogP contribution < -0.4 is 15.5 Å². The number of anilines is 2. The minimum Gasteiger partial charge on any atom is -0.368 e. The SMILES string of the molecule is CC(C)(C)NC(=O)N1CCN(c2ccc(NC(=O)CN(Cc3ccccc3)C(=O)c3ccccc3)cc2)CC1. The molecule has 8 heteroatoms. The van der Waals surface area contributed by atoms with Crippen molar-refractivity contribution in [2.75, 3.05) is 42.9 Å². The van der Waals surface area contributed by atoms with Crippen LogP contribution in [0.4, 0.5) is 16.2 Å². The summed E-state index contributed by atoms with van der Waals surface area (Å²) >= 11 is 0. The topological polar surface area (TPSA) is 85.0 Å². The van der Waals surface area contributed by atoms with Crippen molar-refractivity contribution in [2.24, 2.45) is 0 Å². The third kappa shape index (κ3) is 8.07. The maximum atomic E-state index is 13.2. The second kappa shape index (κ2) is 12.5. The van der Waals surface area contributed by atoms with Crippen LogP contribution in [0.25, 0.3) is 0 Å². The highest BCUT2D eigenvalue weighted by molar-refractivity contribution is 5.99. The molecule has 0 aromatic heterocycles. The highest BCUT2D eigenvalue weighted by Gasteiger charge is 2.24. The van der Waals surface area contributed by atoms with E-state index in [9.17, 15) is 14.4 Å². The number of rotatable bonds is 7. The maximum Gasteiger partial charge on any atom is 0.317 e. The summed E-state index contributed by atoms with van der Waals surface area (Å²) in [5.41, 5.74) is 2.94. The van der Waals surface area contributed by atoms with Crippen LogP contribution in [0, 0.1) is 0 Å². The van der Waals surface area contributed by atoms with Crippen LogP contribution in [0.15, 0.2) is 84.9 Å². The molecular weight excluding hydrogens is 490 g/mol. The van der Waals surface area contributed by atoms with E-state index in [2.05, 4.69) is 15.5 Å². The Morgan fingerprint density at radius 1 is 0.795 bits per heavy atom. The van der Waals surface area contributed by atoms with Crippen molar-refractivity contribution in [3.63, 3.8) is 0 Å². The lowest BCUT2D eigenvalue weighted by molar-refractivity contribution is -0.117. The summed E-state index contributed by atoms with van der Waals surface area (Å²) < 4.78 is 0. The number of carbonyl (C=O) groups is 3. The summed E-state index contributed by atoms with van der Waals surface area (Å²) in [5.74, 6) is -0.457. The number of carbonyl (C=O) groups excluding carboxylic acids is 3. The van der Waals surface area contributed by atoms with Crippen LogP contribution in [-0.4, -0.2) is 65.9 Å². The molecule has 1 heterocycles. The minimum absolute atomic E-state index is 0.0349. The van der Waals surface area contributed by atoms with Gasteiger partial charge in [-0.25, -0.2) is 4.79 Å². The fourth-order valence-electron chi connectivity index (χ4n) is 4.46. The molecule has 1 aliphatic heterocycles. The van der Waals surface area contributed by atoms with Gasteiger partial charge in [-0.2, -0.15) is 0 Å². The van der Waals surface area contributed by atoms with Gasteiger partial charge in [0.2, 0.25) is 5.91 Å². The molecule has 0 aliphatic carbocycles. The number of urea groups is 1. The number of benzene rings is 3. The van der Waals surface area contributed by atoms with Crippen LogP contribution >= 0.6 is 0 Å². The zero-order valence-electron chi connectivity index (χ0n) is 22.9. The molecule has 0 bridgehead atoms. The monoisotopic (exact) mass is 527 g/mol. The summed E-state index contributed by atoms with van der Waals surface area (Å²) in [5, 5.41) is 5.94. The lowest BCUT2D eigenvalue weighted by Gasteiger charge is -2.37. The normalized spacial score (nSPS) is 13.5. The van der Waals surface area contributed by atoms with E-state index in [0.29, 0.717) is 30.9 Å². The second-order valence-electron chi connectivity index (χ2n) is 10.8. The lowest BCUT2D eigenvalue weighted by atomic mass is 10.1. The Bertz CT molecular complexity index is 1250. The van der Waals surface area contributed by atoms with Crippen LogP contribution in [-0.2, 0) is 11.3 Å². The molecule has 0 atom stereocenters. The number of nitrogens with zero attached hydrogens (tertiary/aromatic N) is 3. The molecule has 0 radical (unpaired) electrons. The fourth-order valence-corrected chi connectivity index (χ4v) is 4.46. The summed E-state index contributed by atoms with van der Waals surface area (Å²) in [6.07, 6.45) is 0.